The molecule has 0 aliphatic carbocycles. The monoisotopic (exact) mass is 402 g/mol. The van der Waals surface area contributed by atoms with Crippen LogP contribution in [0.25, 0.3) is 0 Å². The summed E-state index contributed by atoms with van der Waals surface area (Å²) in [6.45, 7) is 0. The Morgan fingerprint density at radius 1 is 0.741 bits per heavy atom. The molecule has 2 rings (SSSR count). The Morgan fingerprint density at radius 3 is 1.41 bits per heavy atom. The summed E-state index contributed by atoms with van der Waals surface area (Å²) in [4.78, 5) is 24.5. The minimum absolute atomic E-state index is 0.371. The first-order valence-corrected chi connectivity index (χ1v) is 8.65. The lowest BCUT2D eigenvalue weighted by atomic mass is 10.2. The van der Waals surface area contributed by atoms with Crippen molar-refractivity contribution in [3.05, 3.63) is 71.8 Å². The van der Waals surface area contributed by atoms with E-state index in [-0.39, 0.29) is 0 Å². The van der Waals surface area contributed by atoms with Gasteiger partial charge in [0.15, 0.2) is 0 Å². The largest absolute Gasteiger partial charge is 0.435 e. The van der Waals surface area contributed by atoms with Crippen molar-refractivity contribution in [2.45, 2.75) is 0 Å². The smallest absolute Gasteiger partial charge is 0.357 e. The minimum atomic E-state index is -0.979. The first kappa shape index (κ1) is 20.3. The number of ether oxygens (including phenoxy) is 1. The summed E-state index contributed by atoms with van der Waals surface area (Å²) >= 11 is 10.5. The van der Waals surface area contributed by atoms with E-state index in [1.165, 1.54) is 10.0 Å². The van der Waals surface area contributed by atoms with E-state index in [1.807, 2.05) is 36.4 Å². The van der Waals surface area contributed by atoms with Crippen molar-refractivity contribution >= 4 is 46.6 Å². The Balaban J connectivity index is 1.83. The van der Waals surface area contributed by atoms with Crippen LogP contribution in [0.3, 0.4) is 0 Å². The molecule has 0 aliphatic heterocycles. The highest BCUT2D eigenvalue weighted by molar-refractivity contribution is 7.80. The van der Waals surface area contributed by atoms with Crippen molar-refractivity contribution in [1.82, 2.24) is 20.9 Å². The van der Waals surface area contributed by atoms with Gasteiger partial charge in [-0.3, -0.25) is 10.0 Å². The van der Waals surface area contributed by atoms with Crippen LogP contribution in [0.4, 0.5) is 9.59 Å². The number of amides is 2. The van der Waals surface area contributed by atoms with Crippen LogP contribution in [-0.2, 0) is 4.74 Å². The summed E-state index contributed by atoms with van der Waals surface area (Å²) in [5, 5.41) is 2.58. The van der Waals surface area contributed by atoms with Crippen LogP contribution in [0, 0.1) is 0 Å². The molecular formula is C18H18N4O3S2. The molecule has 0 fully saturated rings. The molecule has 0 aliphatic rings. The number of rotatable bonds is 2. The Hall–Kier alpha value is -3.04. The number of hydrogen-bond acceptors (Lipinski definition) is 5. The van der Waals surface area contributed by atoms with Crippen LogP contribution >= 0.6 is 24.4 Å². The summed E-state index contributed by atoms with van der Waals surface area (Å²) in [5.74, 6) is 0. The molecule has 0 bridgehead atoms. The third kappa shape index (κ3) is 6.01. The molecule has 2 amide bonds. The molecule has 9 heteroatoms. The van der Waals surface area contributed by atoms with Gasteiger partial charge in [-0.15, -0.1) is 0 Å². The first-order chi connectivity index (χ1) is 12.9. The van der Waals surface area contributed by atoms with E-state index in [0.717, 1.165) is 11.1 Å². The van der Waals surface area contributed by atoms with Crippen molar-refractivity contribution in [2.75, 3.05) is 14.1 Å². The molecule has 0 spiro atoms. The number of nitrogens with zero attached hydrogens (tertiary/aromatic N) is 2. The molecule has 0 saturated carbocycles. The molecule has 0 radical (unpaired) electrons. The summed E-state index contributed by atoms with van der Waals surface area (Å²) in [7, 11) is 3.09. The second-order valence-electron chi connectivity index (χ2n) is 5.36. The fourth-order valence-corrected chi connectivity index (χ4v) is 2.42. The van der Waals surface area contributed by atoms with Crippen LogP contribution in [0.1, 0.15) is 11.1 Å². The van der Waals surface area contributed by atoms with E-state index in [9.17, 15) is 9.59 Å². The zero-order valence-electron chi connectivity index (χ0n) is 14.7. The predicted molar refractivity (Wildman–Crippen MR) is 110 cm³/mol. The molecular weight excluding hydrogens is 384 g/mol. The number of hydrogen-bond donors (Lipinski definition) is 2. The topological polar surface area (TPSA) is 73.9 Å². The summed E-state index contributed by atoms with van der Waals surface area (Å²) < 4.78 is 4.66. The van der Waals surface area contributed by atoms with Crippen LogP contribution in [0.2, 0.25) is 0 Å². The van der Waals surface area contributed by atoms with Crippen LogP contribution in [0.5, 0.6) is 0 Å². The average Bonchev–Trinajstić information content (AvgIpc) is 2.67. The molecule has 7 nitrogen and oxygen atoms in total. The standard InChI is InChI=1S/C18H18N4O3S2/c1-21(15(26)13-9-5-3-6-10-13)19-17(23)25-18(24)20-22(2)16(27)14-11-7-4-8-12-14/h3-12H,1-2H3,(H,19,23)(H,20,24). The molecule has 2 aromatic rings. The van der Waals surface area contributed by atoms with Gasteiger partial charge in [0.2, 0.25) is 0 Å². The zero-order chi connectivity index (χ0) is 19.8. The molecule has 0 aromatic heterocycles. The maximum atomic E-state index is 11.9. The van der Waals surface area contributed by atoms with Crippen molar-refractivity contribution in [3.8, 4) is 0 Å². The Labute approximate surface area is 167 Å². The van der Waals surface area contributed by atoms with Crippen LogP contribution < -0.4 is 10.9 Å². The minimum Gasteiger partial charge on any atom is -0.357 e. The van der Waals surface area contributed by atoms with Crippen LogP contribution in [0.15, 0.2) is 60.7 Å². The van der Waals surface area contributed by atoms with Crippen molar-refractivity contribution < 1.29 is 14.3 Å². The second-order valence-corrected chi connectivity index (χ2v) is 6.13. The Morgan fingerprint density at radius 2 is 1.07 bits per heavy atom. The fraction of sp³-hybridized carbons (Fsp3) is 0.111. The van der Waals surface area contributed by atoms with Gasteiger partial charge >= 0.3 is 12.2 Å². The summed E-state index contributed by atoms with van der Waals surface area (Å²) in [6.07, 6.45) is -1.96. The lowest BCUT2D eigenvalue weighted by Crippen LogP contribution is -2.48. The molecule has 2 aromatic carbocycles. The van der Waals surface area contributed by atoms with Gasteiger partial charge in [0.05, 0.1) is 0 Å². The number of nitrogens with one attached hydrogen (secondary N) is 2. The lowest BCUT2D eigenvalue weighted by Gasteiger charge is -2.22. The zero-order valence-corrected chi connectivity index (χ0v) is 16.3. The normalized spacial score (nSPS) is 9.70. The highest BCUT2D eigenvalue weighted by Gasteiger charge is 2.17. The molecule has 140 valence electrons. The molecule has 0 saturated heterocycles. The molecule has 2 N–H and O–H groups in total. The van der Waals surface area contributed by atoms with E-state index in [4.69, 9.17) is 24.4 Å². The average molecular weight is 403 g/mol. The Bertz CT molecular complexity index is 762. The summed E-state index contributed by atoms with van der Waals surface area (Å²) in [5.41, 5.74) is 6.21. The second kappa shape index (κ2) is 9.60. The third-order valence-electron chi connectivity index (χ3n) is 3.35. The quantitative estimate of drug-likeness (QED) is 0.455. The van der Waals surface area contributed by atoms with Gasteiger partial charge in [0.1, 0.15) is 9.98 Å². The summed E-state index contributed by atoms with van der Waals surface area (Å²) in [6, 6.07) is 18.2. The SMILES string of the molecule is CN(NC(=O)OC(=O)NN(C)C(=S)c1ccccc1)C(=S)c1ccccc1. The fourth-order valence-electron chi connectivity index (χ4n) is 2.05. The number of carbonyl (C=O) groups excluding carboxylic acids is 2. The van der Waals surface area contributed by atoms with E-state index >= 15 is 0 Å². The number of hydrazine groups is 2. The number of carbonyl (C=O) groups is 2. The highest BCUT2D eigenvalue weighted by atomic mass is 32.1. The number of thiocarbonyl (C=S) groups is 2. The van der Waals surface area contributed by atoms with Crippen molar-refractivity contribution in [2.24, 2.45) is 0 Å². The lowest BCUT2D eigenvalue weighted by molar-refractivity contribution is 0.130. The van der Waals surface area contributed by atoms with Gasteiger partial charge in [-0.05, 0) is 0 Å². The Kier molecular flexibility index (Phi) is 7.21. The molecule has 0 atom stereocenters. The van der Waals surface area contributed by atoms with Gasteiger partial charge in [0.25, 0.3) is 0 Å². The van der Waals surface area contributed by atoms with Gasteiger partial charge < -0.3 is 4.74 Å². The number of benzene rings is 2. The molecule has 0 heterocycles. The van der Waals surface area contributed by atoms with E-state index in [0.29, 0.717) is 9.98 Å². The van der Waals surface area contributed by atoms with E-state index in [2.05, 4.69) is 15.6 Å². The first-order valence-electron chi connectivity index (χ1n) is 7.83. The maximum Gasteiger partial charge on any atom is 0.435 e. The van der Waals surface area contributed by atoms with Crippen molar-refractivity contribution in [3.63, 3.8) is 0 Å². The van der Waals surface area contributed by atoms with E-state index in [1.54, 1.807) is 38.4 Å². The van der Waals surface area contributed by atoms with Gasteiger partial charge in [0, 0.05) is 25.2 Å². The molecule has 0 unspecified atom stereocenters. The van der Waals surface area contributed by atoms with Gasteiger partial charge in [-0.1, -0.05) is 85.1 Å². The van der Waals surface area contributed by atoms with Gasteiger partial charge in [-0.25, -0.2) is 20.4 Å². The van der Waals surface area contributed by atoms with Crippen LogP contribution in [-0.4, -0.2) is 46.3 Å². The maximum absolute atomic E-state index is 11.9. The predicted octanol–water partition coefficient (Wildman–Crippen LogP) is 2.87. The highest BCUT2D eigenvalue weighted by Crippen LogP contribution is 2.04. The van der Waals surface area contributed by atoms with Gasteiger partial charge in [-0.2, -0.15) is 0 Å². The molecule has 27 heavy (non-hydrogen) atoms. The third-order valence-corrected chi connectivity index (χ3v) is 4.37. The van der Waals surface area contributed by atoms with E-state index < -0.39 is 12.2 Å². The van der Waals surface area contributed by atoms with Crippen molar-refractivity contribution in [1.29, 1.82) is 0 Å².